The molecule has 0 spiro atoms. The Morgan fingerprint density at radius 2 is 2.10 bits per heavy atom. The van der Waals surface area contributed by atoms with Crippen molar-refractivity contribution >= 4 is 11.9 Å². The molecule has 1 aliphatic rings. The van der Waals surface area contributed by atoms with Gasteiger partial charge in [-0.3, -0.25) is 4.79 Å². The zero-order valence-electron chi connectivity index (χ0n) is 12.5. The zero-order chi connectivity index (χ0) is 15.6. The number of rotatable bonds is 4. The Kier molecular flexibility index (Phi) is 4.32. The Hall–Kier alpha value is -1.88. The molecule has 2 atom stereocenters. The van der Waals surface area contributed by atoms with Gasteiger partial charge in [0.15, 0.2) is 6.04 Å². The maximum Gasteiger partial charge on any atom is 0.331 e. The van der Waals surface area contributed by atoms with Crippen LogP contribution in [0.4, 0.5) is 0 Å². The number of carbonyl (C=O) groups excluding carboxylic acids is 1. The number of fused-ring (bicyclic) bond motifs is 1. The molecule has 1 heterocycles. The summed E-state index contributed by atoms with van der Waals surface area (Å²) in [7, 11) is 0. The Morgan fingerprint density at radius 3 is 2.67 bits per heavy atom. The fourth-order valence-corrected chi connectivity index (χ4v) is 2.78. The van der Waals surface area contributed by atoms with Gasteiger partial charge in [-0.1, -0.05) is 31.2 Å². The lowest BCUT2D eigenvalue weighted by Gasteiger charge is -2.40. The second-order valence-electron chi connectivity index (χ2n) is 5.81. The minimum Gasteiger partial charge on any atom is -0.479 e. The second-order valence-corrected chi connectivity index (χ2v) is 5.81. The Labute approximate surface area is 124 Å². The Balaban J connectivity index is 2.42. The predicted molar refractivity (Wildman–Crippen MR) is 79.7 cm³/mol. The molecule has 0 aliphatic carbocycles. The van der Waals surface area contributed by atoms with E-state index in [2.05, 4.69) is 0 Å². The smallest absolute Gasteiger partial charge is 0.331 e. The number of carboxylic acids is 1. The van der Waals surface area contributed by atoms with E-state index in [0.29, 0.717) is 24.9 Å². The number of nitrogens with zero attached hydrogens (tertiary/aromatic N) is 1. The molecule has 0 radical (unpaired) electrons. The van der Waals surface area contributed by atoms with E-state index in [1.807, 2.05) is 25.1 Å². The number of hydrogen-bond acceptors (Lipinski definition) is 3. The first-order valence-electron chi connectivity index (χ1n) is 7.26. The molecule has 114 valence electrons. The molecular formula is C16H22N2O3. The molecule has 5 nitrogen and oxygen atoms in total. The summed E-state index contributed by atoms with van der Waals surface area (Å²) >= 11 is 0. The molecule has 21 heavy (non-hydrogen) atoms. The van der Waals surface area contributed by atoms with Crippen LogP contribution in [0.5, 0.6) is 0 Å². The fraction of sp³-hybridized carbons (Fsp3) is 0.500. The highest BCUT2D eigenvalue weighted by atomic mass is 16.4. The molecule has 0 fully saturated rings. The number of carboxylic acid groups (broad SMARTS) is 1. The lowest BCUT2D eigenvalue weighted by molar-refractivity contribution is -0.155. The molecule has 1 amide bonds. The quantitative estimate of drug-likeness (QED) is 0.881. The van der Waals surface area contributed by atoms with E-state index >= 15 is 0 Å². The van der Waals surface area contributed by atoms with Gasteiger partial charge in [0.1, 0.15) is 0 Å². The van der Waals surface area contributed by atoms with Gasteiger partial charge in [-0.25, -0.2) is 4.79 Å². The van der Waals surface area contributed by atoms with Crippen molar-refractivity contribution < 1.29 is 14.7 Å². The van der Waals surface area contributed by atoms with Crippen LogP contribution in [-0.4, -0.2) is 35.0 Å². The van der Waals surface area contributed by atoms with Gasteiger partial charge in [-0.2, -0.15) is 0 Å². The summed E-state index contributed by atoms with van der Waals surface area (Å²) in [4.78, 5) is 26.0. The molecule has 5 heteroatoms. The molecule has 1 aromatic rings. The minimum absolute atomic E-state index is 0.172. The van der Waals surface area contributed by atoms with Crippen LogP contribution >= 0.6 is 0 Å². The van der Waals surface area contributed by atoms with Crippen molar-refractivity contribution in [1.29, 1.82) is 0 Å². The molecule has 0 saturated heterocycles. The van der Waals surface area contributed by atoms with Crippen LogP contribution < -0.4 is 5.73 Å². The first-order chi connectivity index (χ1) is 9.94. The molecule has 0 saturated carbocycles. The van der Waals surface area contributed by atoms with Crippen LogP contribution in [0.25, 0.3) is 0 Å². The summed E-state index contributed by atoms with van der Waals surface area (Å²) in [5, 5.41) is 9.59. The monoisotopic (exact) mass is 290 g/mol. The highest BCUT2D eigenvalue weighted by Crippen LogP contribution is 2.34. The molecule has 2 rings (SSSR count). The van der Waals surface area contributed by atoms with Crippen molar-refractivity contribution in [3.05, 3.63) is 35.4 Å². The Morgan fingerprint density at radius 1 is 1.43 bits per heavy atom. The molecule has 3 N–H and O–H groups in total. The van der Waals surface area contributed by atoms with Gasteiger partial charge in [0, 0.05) is 13.1 Å². The third-order valence-electron chi connectivity index (χ3n) is 4.53. The lowest BCUT2D eigenvalue weighted by Crippen LogP contribution is -2.51. The summed E-state index contributed by atoms with van der Waals surface area (Å²) in [6, 6.07) is 6.50. The van der Waals surface area contributed by atoms with E-state index in [1.165, 1.54) is 4.90 Å². The van der Waals surface area contributed by atoms with Crippen molar-refractivity contribution in [3.63, 3.8) is 0 Å². The molecule has 0 aromatic heterocycles. The van der Waals surface area contributed by atoms with Gasteiger partial charge in [0.2, 0.25) is 5.91 Å². The lowest BCUT2D eigenvalue weighted by atomic mass is 9.83. The fourth-order valence-electron chi connectivity index (χ4n) is 2.78. The van der Waals surface area contributed by atoms with E-state index in [9.17, 15) is 14.7 Å². The maximum atomic E-state index is 12.8. The number of carbonyl (C=O) groups is 2. The summed E-state index contributed by atoms with van der Waals surface area (Å²) < 4.78 is 0. The van der Waals surface area contributed by atoms with Crippen molar-refractivity contribution in [2.24, 2.45) is 11.1 Å². The third-order valence-corrected chi connectivity index (χ3v) is 4.53. The van der Waals surface area contributed by atoms with Crippen molar-refractivity contribution in [3.8, 4) is 0 Å². The number of aliphatic carboxylic acids is 1. The van der Waals surface area contributed by atoms with Gasteiger partial charge in [-0.05, 0) is 30.9 Å². The molecular weight excluding hydrogens is 268 g/mol. The van der Waals surface area contributed by atoms with Gasteiger partial charge < -0.3 is 15.7 Å². The van der Waals surface area contributed by atoms with Crippen LogP contribution in [0.15, 0.2) is 24.3 Å². The largest absolute Gasteiger partial charge is 0.479 e. The highest BCUT2D eigenvalue weighted by molar-refractivity contribution is 5.89. The third kappa shape index (κ3) is 2.65. The second kappa shape index (κ2) is 5.85. The minimum atomic E-state index is -0.994. The average molecular weight is 290 g/mol. The van der Waals surface area contributed by atoms with Crippen LogP contribution in [0.2, 0.25) is 0 Å². The standard InChI is InChI=1S/C16H22N2O3/c1-3-16(2,10-17)15(21)18-9-8-11-6-4-5-7-12(11)13(18)14(19)20/h4-7,13H,3,8-10,17H2,1-2H3,(H,19,20). The summed E-state index contributed by atoms with van der Waals surface area (Å²) in [5.41, 5.74) is 6.75. The molecule has 0 bridgehead atoms. The molecule has 2 unspecified atom stereocenters. The van der Waals surface area contributed by atoms with Crippen LogP contribution in [0.3, 0.4) is 0 Å². The molecule has 1 aliphatic heterocycles. The van der Waals surface area contributed by atoms with Gasteiger partial charge in [0.05, 0.1) is 5.41 Å². The SMILES string of the molecule is CCC(C)(CN)C(=O)N1CCc2ccccc2C1C(=O)O. The van der Waals surface area contributed by atoms with Crippen molar-refractivity contribution in [2.75, 3.05) is 13.1 Å². The van der Waals surface area contributed by atoms with E-state index in [-0.39, 0.29) is 12.5 Å². The van der Waals surface area contributed by atoms with Crippen LogP contribution in [0, 0.1) is 5.41 Å². The molecule has 1 aromatic carbocycles. The average Bonchev–Trinajstić information content (AvgIpc) is 2.51. The van der Waals surface area contributed by atoms with Crippen molar-refractivity contribution in [1.82, 2.24) is 4.90 Å². The van der Waals surface area contributed by atoms with E-state index in [4.69, 9.17) is 5.73 Å². The van der Waals surface area contributed by atoms with Crippen LogP contribution in [0.1, 0.15) is 37.4 Å². The van der Waals surface area contributed by atoms with E-state index in [0.717, 1.165) is 5.56 Å². The maximum absolute atomic E-state index is 12.8. The predicted octanol–water partition coefficient (Wildman–Crippen LogP) is 1.57. The van der Waals surface area contributed by atoms with Crippen molar-refractivity contribution in [2.45, 2.75) is 32.7 Å². The zero-order valence-corrected chi connectivity index (χ0v) is 12.5. The summed E-state index contributed by atoms with van der Waals surface area (Å²) in [6.45, 7) is 4.34. The van der Waals surface area contributed by atoms with Crippen LogP contribution in [-0.2, 0) is 16.0 Å². The first kappa shape index (κ1) is 15.5. The van der Waals surface area contributed by atoms with E-state index < -0.39 is 17.4 Å². The number of amides is 1. The first-order valence-corrected chi connectivity index (χ1v) is 7.26. The number of benzene rings is 1. The topological polar surface area (TPSA) is 83.6 Å². The van der Waals surface area contributed by atoms with Gasteiger partial charge in [-0.15, -0.1) is 0 Å². The van der Waals surface area contributed by atoms with E-state index in [1.54, 1.807) is 13.0 Å². The van der Waals surface area contributed by atoms with Gasteiger partial charge >= 0.3 is 5.97 Å². The normalized spacial score (nSPS) is 20.5. The Bertz CT molecular complexity index is 552. The highest BCUT2D eigenvalue weighted by Gasteiger charge is 2.42. The van der Waals surface area contributed by atoms with Gasteiger partial charge in [0.25, 0.3) is 0 Å². The number of nitrogens with two attached hydrogens (primary N) is 1. The summed E-state index contributed by atoms with van der Waals surface area (Å²) in [5.74, 6) is -1.17. The number of hydrogen-bond donors (Lipinski definition) is 2. The summed E-state index contributed by atoms with van der Waals surface area (Å²) in [6.07, 6.45) is 1.27.